The van der Waals surface area contributed by atoms with Gasteiger partial charge in [0.1, 0.15) is 0 Å². The predicted molar refractivity (Wildman–Crippen MR) is 56.9 cm³/mol. The number of rotatable bonds is 7. The van der Waals surface area contributed by atoms with E-state index in [1.54, 1.807) is 0 Å². The fourth-order valence-electron chi connectivity index (χ4n) is 1.35. The molecule has 0 heterocycles. The van der Waals surface area contributed by atoms with Gasteiger partial charge in [0.25, 0.3) is 0 Å². The maximum Gasteiger partial charge on any atom is 0.236 e. The van der Waals surface area contributed by atoms with Crippen LogP contribution >= 0.6 is 0 Å². The normalized spacial score (nSPS) is 11.9. The van der Waals surface area contributed by atoms with E-state index in [0.29, 0.717) is 6.42 Å². The highest BCUT2D eigenvalue weighted by atomic mass is 16.2. The number of hydrazine groups is 2. The predicted octanol–water partition coefficient (Wildman–Crippen LogP) is -0.447. The Kier molecular flexibility index (Phi) is 7.57. The molecule has 0 saturated carbocycles. The van der Waals surface area contributed by atoms with Crippen molar-refractivity contribution in [3.05, 3.63) is 0 Å². The van der Waals surface area contributed by atoms with Crippen LogP contribution in [0.2, 0.25) is 0 Å². The summed E-state index contributed by atoms with van der Waals surface area (Å²) in [6.45, 7) is 2.05. The molecule has 2 amide bonds. The van der Waals surface area contributed by atoms with Crippen molar-refractivity contribution in [3.63, 3.8) is 0 Å². The fourth-order valence-corrected chi connectivity index (χ4v) is 1.35. The van der Waals surface area contributed by atoms with Crippen molar-refractivity contribution in [1.29, 1.82) is 0 Å². The Morgan fingerprint density at radius 3 is 2.33 bits per heavy atom. The minimum absolute atomic E-state index is 0.202. The van der Waals surface area contributed by atoms with Crippen molar-refractivity contribution < 1.29 is 9.59 Å². The molecule has 0 saturated heterocycles. The van der Waals surface area contributed by atoms with Gasteiger partial charge in [0, 0.05) is 12.3 Å². The zero-order valence-corrected chi connectivity index (χ0v) is 9.08. The Bertz CT molecular complexity index is 208. The van der Waals surface area contributed by atoms with Crippen molar-refractivity contribution in [3.8, 4) is 0 Å². The van der Waals surface area contributed by atoms with Gasteiger partial charge < -0.3 is 0 Å². The van der Waals surface area contributed by atoms with Gasteiger partial charge in [-0.25, -0.2) is 11.7 Å². The van der Waals surface area contributed by atoms with Crippen LogP contribution in [-0.4, -0.2) is 11.8 Å². The first-order chi connectivity index (χ1) is 7.15. The summed E-state index contributed by atoms with van der Waals surface area (Å²) >= 11 is 0. The summed E-state index contributed by atoms with van der Waals surface area (Å²) < 4.78 is 0. The average Bonchev–Trinajstić information content (AvgIpc) is 2.27. The number of amides is 2. The van der Waals surface area contributed by atoms with E-state index in [1.165, 1.54) is 0 Å². The molecule has 0 aromatic rings. The van der Waals surface area contributed by atoms with Gasteiger partial charge >= 0.3 is 0 Å². The highest BCUT2D eigenvalue weighted by molar-refractivity contribution is 5.79. The molecule has 0 aliphatic carbocycles. The topological polar surface area (TPSA) is 110 Å². The van der Waals surface area contributed by atoms with Crippen molar-refractivity contribution in [2.75, 3.05) is 0 Å². The van der Waals surface area contributed by atoms with Crippen LogP contribution < -0.4 is 22.5 Å². The lowest BCUT2D eigenvalue weighted by Gasteiger charge is -2.13. The molecular weight excluding hydrogens is 196 g/mol. The van der Waals surface area contributed by atoms with E-state index in [1.807, 2.05) is 12.3 Å². The van der Waals surface area contributed by atoms with Gasteiger partial charge in [0.05, 0.1) is 0 Å². The first-order valence-corrected chi connectivity index (χ1v) is 5.15. The summed E-state index contributed by atoms with van der Waals surface area (Å²) in [5.74, 6) is 9.32. The molecule has 0 spiro atoms. The fraction of sp³-hybridized carbons (Fsp3) is 0.778. The Labute approximate surface area is 89.7 Å². The monoisotopic (exact) mass is 216 g/mol. The van der Waals surface area contributed by atoms with Crippen molar-refractivity contribution >= 4 is 11.8 Å². The second kappa shape index (κ2) is 8.19. The van der Waals surface area contributed by atoms with Crippen molar-refractivity contribution in [2.45, 2.75) is 39.0 Å². The lowest BCUT2D eigenvalue weighted by molar-refractivity contribution is -0.126. The van der Waals surface area contributed by atoms with Crippen LogP contribution in [0, 0.1) is 5.92 Å². The molecule has 1 atom stereocenters. The molecule has 0 bridgehead atoms. The Morgan fingerprint density at radius 2 is 1.87 bits per heavy atom. The molecule has 0 aliphatic rings. The quantitative estimate of drug-likeness (QED) is 0.262. The minimum Gasteiger partial charge on any atom is -0.294 e. The number of nitrogens with one attached hydrogen (secondary N) is 2. The van der Waals surface area contributed by atoms with E-state index in [2.05, 4.69) is 5.43 Å². The van der Waals surface area contributed by atoms with E-state index in [4.69, 9.17) is 11.7 Å². The maximum absolute atomic E-state index is 11.3. The van der Waals surface area contributed by atoms with Crippen LogP contribution in [0.25, 0.3) is 0 Å². The smallest absolute Gasteiger partial charge is 0.236 e. The van der Waals surface area contributed by atoms with Gasteiger partial charge in [0.15, 0.2) is 0 Å². The van der Waals surface area contributed by atoms with Crippen LogP contribution in [0.5, 0.6) is 0 Å². The summed E-state index contributed by atoms with van der Waals surface area (Å²) in [5, 5.41) is 0. The molecule has 1 unspecified atom stereocenters. The van der Waals surface area contributed by atoms with Crippen LogP contribution in [0.1, 0.15) is 39.0 Å². The molecule has 0 rings (SSSR count). The molecule has 15 heavy (non-hydrogen) atoms. The van der Waals surface area contributed by atoms with E-state index in [9.17, 15) is 9.59 Å². The van der Waals surface area contributed by atoms with Crippen LogP contribution in [0.4, 0.5) is 0 Å². The molecule has 0 fully saturated rings. The number of hydrogen-bond donors (Lipinski definition) is 4. The Hall–Kier alpha value is -1.14. The van der Waals surface area contributed by atoms with E-state index in [0.717, 1.165) is 19.3 Å². The molecule has 6 N–H and O–H groups in total. The summed E-state index contributed by atoms with van der Waals surface area (Å²) in [5.41, 5.74) is 4.15. The molecule has 6 heteroatoms. The van der Waals surface area contributed by atoms with E-state index >= 15 is 0 Å². The van der Waals surface area contributed by atoms with Gasteiger partial charge in [-0.15, -0.1) is 0 Å². The van der Waals surface area contributed by atoms with Gasteiger partial charge in [-0.3, -0.25) is 20.4 Å². The van der Waals surface area contributed by atoms with E-state index < -0.39 is 0 Å². The third kappa shape index (κ3) is 6.03. The lowest BCUT2D eigenvalue weighted by atomic mass is 9.96. The second-order valence-electron chi connectivity index (χ2n) is 3.45. The zero-order valence-electron chi connectivity index (χ0n) is 9.08. The summed E-state index contributed by atoms with van der Waals surface area (Å²) in [6, 6.07) is 0. The Balaban J connectivity index is 4.00. The minimum atomic E-state index is -0.263. The second-order valence-corrected chi connectivity index (χ2v) is 3.45. The van der Waals surface area contributed by atoms with Crippen LogP contribution in [0.3, 0.4) is 0 Å². The SMILES string of the molecule is CCCCC(CCC(=O)NN)C(=O)NN. The zero-order chi connectivity index (χ0) is 11.7. The number of hydrogen-bond acceptors (Lipinski definition) is 4. The van der Waals surface area contributed by atoms with Gasteiger partial charge in [-0.05, 0) is 12.8 Å². The Morgan fingerprint density at radius 1 is 1.20 bits per heavy atom. The van der Waals surface area contributed by atoms with Gasteiger partial charge in [-0.2, -0.15) is 0 Å². The third-order valence-corrected chi connectivity index (χ3v) is 2.30. The summed E-state index contributed by atoms with van der Waals surface area (Å²) in [4.78, 5) is 22.2. The van der Waals surface area contributed by atoms with Gasteiger partial charge in [0.2, 0.25) is 11.8 Å². The van der Waals surface area contributed by atoms with Crippen LogP contribution in [-0.2, 0) is 9.59 Å². The number of carbonyl (C=O) groups excluding carboxylic acids is 2. The molecule has 6 nitrogen and oxygen atoms in total. The molecule has 88 valence electrons. The highest BCUT2D eigenvalue weighted by Gasteiger charge is 2.17. The molecule has 0 aromatic heterocycles. The summed E-state index contributed by atoms with van der Waals surface area (Å²) in [7, 11) is 0. The molecular formula is C9H20N4O2. The lowest BCUT2D eigenvalue weighted by Crippen LogP contribution is -2.37. The van der Waals surface area contributed by atoms with Crippen molar-refractivity contribution in [1.82, 2.24) is 10.9 Å². The number of carbonyl (C=O) groups is 2. The molecule has 0 radical (unpaired) electrons. The number of nitrogens with two attached hydrogens (primary N) is 2. The largest absolute Gasteiger partial charge is 0.294 e. The summed E-state index contributed by atoms with van der Waals surface area (Å²) in [6.07, 6.45) is 3.43. The maximum atomic E-state index is 11.3. The third-order valence-electron chi connectivity index (χ3n) is 2.30. The van der Waals surface area contributed by atoms with Crippen molar-refractivity contribution in [2.24, 2.45) is 17.6 Å². The highest BCUT2D eigenvalue weighted by Crippen LogP contribution is 2.14. The standard InChI is InChI=1S/C9H20N4O2/c1-2-3-4-7(9(15)13-11)5-6-8(14)12-10/h7H,2-6,10-11H2,1H3,(H,12,14)(H,13,15). The van der Waals surface area contributed by atoms with Crippen LogP contribution in [0.15, 0.2) is 0 Å². The number of unbranched alkanes of at least 4 members (excludes halogenated alkanes) is 1. The molecule has 0 aliphatic heterocycles. The average molecular weight is 216 g/mol. The van der Waals surface area contributed by atoms with Gasteiger partial charge in [-0.1, -0.05) is 19.8 Å². The first kappa shape index (κ1) is 13.9. The first-order valence-electron chi connectivity index (χ1n) is 5.15. The van der Waals surface area contributed by atoms with E-state index in [-0.39, 0.29) is 24.2 Å². The molecule has 0 aromatic carbocycles.